The molecule has 4 aliphatic rings. The van der Waals surface area contributed by atoms with Crippen molar-refractivity contribution in [3.8, 4) is 11.5 Å². The lowest BCUT2D eigenvalue weighted by atomic mass is 9.89. The molecule has 1 saturated heterocycles. The zero-order valence-electron chi connectivity index (χ0n) is 26.8. The van der Waals surface area contributed by atoms with Crippen molar-refractivity contribution < 1.29 is 9.47 Å². The maximum absolute atomic E-state index is 8.11. The van der Waals surface area contributed by atoms with E-state index in [2.05, 4.69) is 65.6 Å². The van der Waals surface area contributed by atoms with Gasteiger partial charge in [0, 0.05) is 87.2 Å². The number of benzene rings is 2. The van der Waals surface area contributed by atoms with Gasteiger partial charge in [0.1, 0.15) is 11.5 Å². The van der Waals surface area contributed by atoms with Gasteiger partial charge in [-0.2, -0.15) is 0 Å². The van der Waals surface area contributed by atoms with Crippen LogP contribution in [0.4, 0.5) is 0 Å². The summed E-state index contributed by atoms with van der Waals surface area (Å²) in [4.78, 5) is 9.84. The number of rotatable bonds is 8. The van der Waals surface area contributed by atoms with Gasteiger partial charge >= 0.3 is 0 Å². The number of hydrogen-bond acceptors (Lipinski definition) is 7. The van der Waals surface area contributed by atoms with Crippen LogP contribution in [0.15, 0.2) is 60.0 Å². The first-order valence-corrected chi connectivity index (χ1v) is 15.6. The lowest BCUT2D eigenvalue weighted by Crippen LogP contribution is -2.54. The molecule has 0 bridgehead atoms. The van der Waals surface area contributed by atoms with Crippen molar-refractivity contribution in [2.75, 3.05) is 54.5 Å². The molecule has 7 nitrogen and oxygen atoms in total. The van der Waals surface area contributed by atoms with Crippen molar-refractivity contribution >= 4 is 11.8 Å². The van der Waals surface area contributed by atoms with E-state index < -0.39 is 0 Å². The summed E-state index contributed by atoms with van der Waals surface area (Å²) < 4.78 is 12.0. The summed E-state index contributed by atoms with van der Waals surface area (Å²) in [5.41, 5.74) is 10.6. The third-order valence-corrected chi connectivity index (χ3v) is 10.5. The Hall–Kier alpha value is -3.39. The fraction of sp³-hybridized carbons (Fsp3) is 0.472. The summed E-state index contributed by atoms with van der Waals surface area (Å²) in [5.74, 6) is 1.66. The van der Waals surface area contributed by atoms with Gasteiger partial charge < -0.3 is 19.8 Å². The van der Waals surface area contributed by atoms with E-state index in [-0.39, 0.29) is 5.54 Å². The molecule has 6 rings (SSSR count). The van der Waals surface area contributed by atoms with Crippen LogP contribution < -0.4 is 9.47 Å². The highest BCUT2D eigenvalue weighted by Crippen LogP contribution is 2.47. The first-order chi connectivity index (χ1) is 20.7. The minimum atomic E-state index is 0.220. The zero-order valence-corrected chi connectivity index (χ0v) is 26.8. The molecule has 1 atom stereocenters. The van der Waals surface area contributed by atoms with Crippen LogP contribution in [-0.2, 0) is 19.5 Å². The Labute approximate surface area is 257 Å². The van der Waals surface area contributed by atoms with Gasteiger partial charge in [0.25, 0.3) is 0 Å². The smallest absolute Gasteiger partial charge is 0.127 e. The number of methoxy groups -OCH3 is 2. The summed E-state index contributed by atoms with van der Waals surface area (Å²) in [6.45, 7) is 14.7. The summed E-state index contributed by atoms with van der Waals surface area (Å²) >= 11 is 0. The maximum Gasteiger partial charge on any atom is 0.127 e. The Bertz CT molecular complexity index is 1480. The monoisotopic (exact) mass is 581 g/mol. The minimum absolute atomic E-state index is 0.220. The molecule has 2 aromatic carbocycles. The van der Waals surface area contributed by atoms with E-state index in [0.717, 1.165) is 90.7 Å². The van der Waals surface area contributed by atoms with Crippen LogP contribution in [-0.4, -0.2) is 85.8 Å². The van der Waals surface area contributed by atoms with Gasteiger partial charge in [0.15, 0.2) is 0 Å². The van der Waals surface area contributed by atoms with Gasteiger partial charge in [-0.3, -0.25) is 14.7 Å². The van der Waals surface area contributed by atoms with E-state index in [0.29, 0.717) is 6.04 Å². The standard InChI is InChI=1S/C36H47N5O2/c1-24-25(2)39(5)21-32(31(24)19-37)28-17-34(42-6)33(35(18-28)43-7)22-41-16-15-40(23-36(41)12-13-36)20-27-9-8-10-29-26(3)38(4)14-11-30(27)29/h8-10,17-19,21,26,37H,2,11-16,20,22-23H2,1,3-7H3. The molecule has 1 saturated carbocycles. The van der Waals surface area contributed by atoms with Crippen molar-refractivity contribution in [3.05, 3.63) is 87.8 Å². The number of nitrogens with one attached hydrogen (secondary N) is 1. The second-order valence-electron chi connectivity index (χ2n) is 12.9. The molecular formula is C36H47N5O2. The summed E-state index contributed by atoms with van der Waals surface area (Å²) in [7, 11) is 7.72. The van der Waals surface area contributed by atoms with Gasteiger partial charge in [0.05, 0.1) is 19.8 Å². The average molecular weight is 582 g/mol. The molecule has 228 valence electrons. The summed E-state index contributed by atoms with van der Waals surface area (Å²) in [5, 5.41) is 8.11. The van der Waals surface area contributed by atoms with Crippen LogP contribution in [0.3, 0.4) is 0 Å². The van der Waals surface area contributed by atoms with Gasteiger partial charge in [-0.1, -0.05) is 24.8 Å². The summed E-state index contributed by atoms with van der Waals surface area (Å²) in [6, 6.07) is 11.6. The Morgan fingerprint density at radius 1 is 1.05 bits per heavy atom. The molecule has 0 radical (unpaired) electrons. The number of ether oxygens (including phenoxy) is 2. The van der Waals surface area contributed by atoms with Crippen LogP contribution in [0.25, 0.3) is 5.57 Å². The molecule has 7 heteroatoms. The molecular weight excluding hydrogens is 534 g/mol. The van der Waals surface area contributed by atoms with E-state index in [1.807, 2.05) is 25.1 Å². The molecule has 3 heterocycles. The number of allylic oxidation sites excluding steroid dienone is 3. The number of fused-ring (bicyclic) bond motifs is 1. The fourth-order valence-electron chi connectivity index (χ4n) is 7.42. The van der Waals surface area contributed by atoms with Crippen molar-refractivity contribution in [1.29, 1.82) is 5.41 Å². The summed E-state index contributed by atoms with van der Waals surface area (Å²) in [6.07, 6.45) is 7.08. The first-order valence-electron chi connectivity index (χ1n) is 15.6. The van der Waals surface area contributed by atoms with E-state index >= 15 is 0 Å². The molecule has 1 aliphatic carbocycles. The fourth-order valence-corrected chi connectivity index (χ4v) is 7.42. The molecule has 2 aromatic rings. The van der Waals surface area contributed by atoms with Gasteiger partial charge in [-0.25, -0.2) is 0 Å². The van der Waals surface area contributed by atoms with Crippen molar-refractivity contribution in [2.45, 2.75) is 57.8 Å². The molecule has 43 heavy (non-hydrogen) atoms. The number of hydrogen-bond donors (Lipinski definition) is 1. The predicted molar refractivity (Wildman–Crippen MR) is 175 cm³/mol. The maximum atomic E-state index is 8.11. The molecule has 1 N–H and O–H groups in total. The number of piperazine rings is 1. The van der Waals surface area contributed by atoms with Crippen molar-refractivity contribution in [2.24, 2.45) is 0 Å². The van der Waals surface area contributed by atoms with Crippen LogP contribution in [0.5, 0.6) is 11.5 Å². The average Bonchev–Trinajstić information content (AvgIpc) is 3.78. The third kappa shape index (κ3) is 5.32. The molecule has 1 spiro atoms. The molecule has 3 aliphatic heterocycles. The number of nitrogens with zero attached hydrogens (tertiary/aromatic N) is 4. The lowest BCUT2D eigenvalue weighted by molar-refractivity contribution is 0.0477. The number of likely N-dealkylation sites (N-methyl/N-ethyl adjacent to an activating group) is 2. The minimum Gasteiger partial charge on any atom is -0.496 e. The topological polar surface area (TPSA) is 55.3 Å². The van der Waals surface area contributed by atoms with Crippen LogP contribution in [0.1, 0.15) is 60.5 Å². The molecule has 0 amide bonds. The Morgan fingerprint density at radius 2 is 1.77 bits per heavy atom. The predicted octanol–water partition coefficient (Wildman–Crippen LogP) is 5.87. The van der Waals surface area contributed by atoms with Crippen LogP contribution >= 0.6 is 0 Å². The van der Waals surface area contributed by atoms with Crippen molar-refractivity contribution in [1.82, 2.24) is 19.6 Å². The van der Waals surface area contributed by atoms with E-state index in [1.165, 1.54) is 30.2 Å². The molecule has 2 fully saturated rings. The van der Waals surface area contributed by atoms with E-state index in [4.69, 9.17) is 14.9 Å². The molecule has 0 aromatic heterocycles. The zero-order chi connectivity index (χ0) is 30.5. The molecule has 1 unspecified atom stereocenters. The third-order valence-electron chi connectivity index (χ3n) is 10.5. The van der Waals surface area contributed by atoms with Crippen LogP contribution in [0.2, 0.25) is 0 Å². The van der Waals surface area contributed by atoms with Crippen LogP contribution in [0, 0.1) is 5.41 Å². The highest BCUT2D eigenvalue weighted by atomic mass is 16.5. The van der Waals surface area contributed by atoms with Gasteiger partial charge in [-0.05, 0) is 80.1 Å². The normalized spacial score (nSPS) is 22.5. The second kappa shape index (κ2) is 11.6. The Kier molecular flexibility index (Phi) is 8.01. The van der Waals surface area contributed by atoms with Gasteiger partial charge in [-0.15, -0.1) is 0 Å². The Balaban J connectivity index is 1.22. The van der Waals surface area contributed by atoms with E-state index in [9.17, 15) is 0 Å². The second-order valence-corrected chi connectivity index (χ2v) is 12.9. The SMILES string of the molecule is C=C1C(C)=C(C=N)C(c2cc(OC)c(CN3CCN(Cc4cccc5c4CCN(C)C5C)CC34CC4)c(OC)c2)=CN1C. The van der Waals surface area contributed by atoms with Gasteiger partial charge in [0.2, 0.25) is 0 Å². The van der Waals surface area contributed by atoms with E-state index in [1.54, 1.807) is 19.8 Å². The Morgan fingerprint density at radius 3 is 2.42 bits per heavy atom. The lowest BCUT2D eigenvalue weighted by Gasteiger charge is -2.43. The largest absolute Gasteiger partial charge is 0.496 e. The van der Waals surface area contributed by atoms with Crippen molar-refractivity contribution in [3.63, 3.8) is 0 Å². The quantitative estimate of drug-likeness (QED) is 0.394. The highest BCUT2D eigenvalue weighted by Gasteiger charge is 2.51. The highest BCUT2D eigenvalue weighted by molar-refractivity contribution is 6.02. The first kappa shape index (κ1) is 29.7.